The third-order valence-electron chi connectivity index (χ3n) is 5.32. The fraction of sp³-hybridized carbons (Fsp3) is 0.667. The quantitative estimate of drug-likeness (QED) is 0.551. The fourth-order valence-corrected chi connectivity index (χ4v) is 3.81. The molecule has 1 fully saturated rings. The predicted octanol–water partition coefficient (Wildman–Crippen LogP) is 5.52. The highest BCUT2D eigenvalue weighted by Crippen LogP contribution is 2.21. The molecule has 31 heavy (non-hydrogen) atoms. The molecule has 0 N–H and O–H groups in total. The van der Waals surface area contributed by atoms with Crippen molar-refractivity contribution in [1.82, 2.24) is 9.80 Å². The van der Waals surface area contributed by atoms with Gasteiger partial charge in [0.15, 0.2) is 0 Å². The summed E-state index contributed by atoms with van der Waals surface area (Å²) in [7, 11) is 0. The van der Waals surface area contributed by atoms with Crippen LogP contribution in [0.3, 0.4) is 0 Å². The Balaban J connectivity index is 1.92. The molecule has 0 spiro atoms. The Morgan fingerprint density at radius 2 is 1.74 bits per heavy atom. The van der Waals surface area contributed by atoms with Crippen molar-refractivity contribution in [3.05, 3.63) is 35.1 Å². The number of carbonyl (C=O) groups excluding carboxylic acids is 2. The topological polar surface area (TPSA) is 59.1 Å². The number of nitrogens with zero attached hydrogens (tertiary/aromatic N) is 2. The highest BCUT2D eigenvalue weighted by atomic mass is 19.1. The maximum absolute atomic E-state index is 14.4. The van der Waals surface area contributed by atoms with E-state index in [1.807, 2.05) is 40.7 Å². The smallest absolute Gasteiger partial charge is 0.410 e. The highest BCUT2D eigenvalue weighted by Gasteiger charge is 2.37. The number of hydrogen-bond donors (Lipinski definition) is 0. The molecule has 1 saturated heterocycles. The maximum atomic E-state index is 14.4. The molecule has 1 aromatic carbocycles. The number of piperazine rings is 1. The van der Waals surface area contributed by atoms with E-state index >= 15 is 0 Å². The summed E-state index contributed by atoms with van der Waals surface area (Å²) >= 11 is 0. The summed E-state index contributed by atoms with van der Waals surface area (Å²) in [6.07, 6.45) is 3.24. The Morgan fingerprint density at radius 3 is 2.29 bits per heavy atom. The van der Waals surface area contributed by atoms with Gasteiger partial charge in [-0.3, -0.25) is 4.90 Å². The van der Waals surface area contributed by atoms with Crippen molar-refractivity contribution in [2.45, 2.75) is 91.5 Å². The molecule has 0 unspecified atom stereocenters. The van der Waals surface area contributed by atoms with Crippen LogP contribution in [0.2, 0.25) is 0 Å². The summed E-state index contributed by atoms with van der Waals surface area (Å²) in [6.45, 7) is 11.9. The van der Waals surface area contributed by atoms with E-state index in [1.54, 1.807) is 15.9 Å². The predicted molar refractivity (Wildman–Crippen MR) is 118 cm³/mol. The van der Waals surface area contributed by atoms with Crippen molar-refractivity contribution in [1.29, 1.82) is 0 Å². The van der Waals surface area contributed by atoms with Crippen LogP contribution in [0, 0.1) is 5.82 Å². The molecule has 0 radical (unpaired) electrons. The van der Waals surface area contributed by atoms with Gasteiger partial charge >= 0.3 is 12.2 Å². The average Bonchev–Trinajstić information content (AvgIpc) is 2.65. The number of aryl methyl sites for hydroxylation is 1. The molecule has 2 atom stereocenters. The maximum Gasteiger partial charge on any atom is 0.410 e. The third-order valence-corrected chi connectivity index (χ3v) is 5.32. The number of rotatable bonds is 6. The Kier molecular flexibility index (Phi) is 8.71. The van der Waals surface area contributed by atoms with Crippen LogP contribution in [-0.4, -0.2) is 52.8 Å². The summed E-state index contributed by atoms with van der Waals surface area (Å²) in [4.78, 5) is 28.3. The summed E-state index contributed by atoms with van der Waals surface area (Å²) in [5.41, 5.74) is 0.747. The second kappa shape index (κ2) is 10.8. The summed E-state index contributed by atoms with van der Waals surface area (Å²) in [6, 6.07) is 4.64. The SMILES string of the molecule is CCCCCc1ccc(COC(=O)N2[C@H](C)CN(C(=O)OC(C)(C)C)C[C@@H]2C)c(F)c1. The van der Waals surface area contributed by atoms with E-state index in [-0.39, 0.29) is 30.6 Å². The van der Waals surface area contributed by atoms with Gasteiger partial charge in [0, 0.05) is 18.7 Å². The average molecular weight is 437 g/mol. The van der Waals surface area contributed by atoms with Crippen molar-refractivity contribution in [2.75, 3.05) is 13.1 Å². The van der Waals surface area contributed by atoms with Crippen LogP contribution >= 0.6 is 0 Å². The zero-order valence-corrected chi connectivity index (χ0v) is 19.7. The van der Waals surface area contributed by atoms with Crippen LogP contribution in [0.4, 0.5) is 14.0 Å². The molecule has 0 aromatic heterocycles. The van der Waals surface area contributed by atoms with Gasteiger partial charge in [0.2, 0.25) is 0 Å². The standard InChI is InChI=1S/C24H37FN2O4/c1-7-8-9-10-19-11-12-20(21(25)13-19)16-30-23(29)27-17(2)14-26(15-18(27)3)22(28)31-24(4,5)6/h11-13,17-18H,7-10,14-16H2,1-6H3/t17-,18+. The first-order valence-electron chi connectivity index (χ1n) is 11.2. The van der Waals surface area contributed by atoms with Gasteiger partial charge < -0.3 is 14.4 Å². The lowest BCUT2D eigenvalue weighted by Crippen LogP contribution is -2.60. The lowest BCUT2D eigenvalue weighted by molar-refractivity contribution is -0.00983. The van der Waals surface area contributed by atoms with Gasteiger partial charge in [-0.15, -0.1) is 0 Å². The second-order valence-corrected chi connectivity index (χ2v) is 9.43. The first-order chi connectivity index (χ1) is 14.5. The Hall–Kier alpha value is -2.31. The molecule has 6 nitrogen and oxygen atoms in total. The second-order valence-electron chi connectivity index (χ2n) is 9.43. The lowest BCUT2D eigenvalue weighted by atomic mass is 10.1. The summed E-state index contributed by atoms with van der Waals surface area (Å²) in [5, 5.41) is 0. The third kappa shape index (κ3) is 7.40. The van der Waals surface area contributed by atoms with Crippen LogP contribution in [0.15, 0.2) is 18.2 Å². The van der Waals surface area contributed by atoms with Gasteiger partial charge in [-0.25, -0.2) is 14.0 Å². The lowest BCUT2D eigenvalue weighted by Gasteiger charge is -2.43. The molecule has 1 aromatic rings. The largest absolute Gasteiger partial charge is 0.444 e. The molecule has 1 aliphatic heterocycles. The molecule has 1 heterocycles. The van der Waals surface area contributed by atoms with E-state index < -0.39 is 11.7 Å². The minimum atomic E-state index is -0.574. The molecular formula is C24H37FN2O4. The number of hydrogen-bond acceptors (Lipinski definition) is 4. The van der Waals surface area contributed by atoms with E-state index in [9.17, 15) is 14.0 Å². The highest BCUT2D eigenvalue weighted by molar-refractivity contribution is 5.71. The number of carbonyl (C=O) groups is 2. The number of unbranched alkanes of at least 4 members (excludes halogenated alkanes) is 2. The zero-order valence-electron chi connectivity index (χ0n) is 19.7. The van der Waals surface area contributed by atoms with Crippen LogP contribution in [-0.2, 0) is 22.5 Å². The number of halogens is 1. The summed E-state index contributed by atoms with van der Waals surface area (Å²) < 4.78 is 25.3. The van der Waals surface area contributed by atoms with E-state index in [0.29, 0.717) is 18.7 Å². The van der Waals surface area contributed by atoms with Gasteiger partial charge in [-0.1, -0.05) is 31.9 Å². The molecule has 2 rings (SSSR count). The van der Waals surface area contributed by atoms with Gasteiger partial charge in [-0.2, -0.15) is 0 Å². The van der Waals surface area contributed by atoms with E-state index in [0.717, 1.165) is 31.2 Å². The molecule has 7 heteroatoms. The van der Waals surface area contributed by atoms with Gasteiger partial charge in [0.05, 0.1) is 12.1 Å². The first kappa shape index (κ1) is 25.0. The van der Waals surface area contributed by atoms with Gasteiger partial charge in [-0.05, 0) is 59.1 Å². The monoisotopic (exact) mass is 436 g/mol. The fourth-order valence-electron chi connectivity index (χ4n) is 3.81. The molecule has 0 saturated carbocycles. The zero-order chi connectivity index (χ0) is 23.2. The number of benzene rings is 1. The normalized spacial score (nSPS) is 19.3. The number of ether oxygens (including phenoxy) is 2. The van der Waals surface area contributed by atoms with Crippen molar-refractivity contribution < 1.29 is 23.5 Å². The number of amides is 2. The Bertz CT molecular complexity index is 750. The molecule has 0 bridgehead atoms. The molecule has 1 aliphatic rings. The van der Waals surface area contributed by atoms with Crippen LogP contribution in [0.1, 0.15) is 71.9 Å². The molecule has 0 aliphatic carbocycles. The minimum absolute atomic E-state index is 0.119. The van der Waals surface area contributed by atoms with E-state index in [2.05, 4.69) is 6.92 Å². The summed E-state index contributed by atoms with van der Waals surface area (Å²) in [5.74, 6) is -0.349. The van der Waals surface area contributed by atoms with E-state index in [4.69, 9.17) is 9.47 Å². The Labute approximate surface area is 185 Å². The molecular weight excluding hydrogens is 399 g/mol. The van der Waals surface area contributed by atoms with Crippen molar-refractivity contribution in [3.63, 3.8) is 0 Å². The Morgan fingerprint density at radius 1 is 1.10 bits per heavy atom. The minimum Gasteiger partial charge on any atom is -0.444 e. The van der Waals surface area contributed by atoms with Crippen LogP contribution < -0.4 is 0 Å². The molecule has 174 valence electrons. The van der Waals surface area contributed by atoms with Gasteiger partial charge in [0.1, 0.15) is 18.0 Å². The van der Waals surface area contributed by atoms with Crippen molar-refractivity contribution >= 4 is 12.2 Å². The molecule has 2 amide bonds. The van der Waals surface area contributed by atoms with Gasteiger partial charge in [0.25, 0.3) is 0 Å². The van der Waals surface area contributed by atoms with E-state index in [1.165, 1.54) is 6.07 Å². The van der Waals surface area contributed by atoms with Crippen molar-refractivity contribution in [2.24, 2.45) is 0 Å². The van der Waals surface area contributed by atoms with Crippen molar-refractivity contribution in [3.8, 4) is 0 Å². The van der Waals surface area contributed by atoms with Crippen LogP contribution in [0.5, 0.6) is 0 Å². The van der Waals surface area contributed by atoms with Crippen LogP contribution in [0.25, 0.3) is 0 Å². The first-order valence-corrected chi connectivity index (χ1v) is 11.2.